The average Bonchev–Trinajstić information content (AvgIpc) is 3.49. The van der Waals surface area contributed by atoms with E-state index in [-0.39, 0.29) is 17.4 Å². The third kappa shape index (κ3) is 4.25. The fourth-order valence-electron chi connectivity index (χ4n) is 7.44. The minimum absolute atomic E-state index is 0.0446. The van der Waals surface area contributed by atoms with Crippen molar-refractivity contribution in [3.05, 3.63) is 98.6 Å². The highest BCUT2D eigenvalue weighted by atomic mass is 16.5. The molecule has 0 amide bonds. The van der Waals surface area contributed by atoms with Crippen LogP contribution in [0.25, 0.3) is 17.2 Å². The van der Waals surface area contributed by atoms with Gasteiger partial charge in [0, 0.05) is 23.1 Å². The fourth-order valence-corrected chi connectivity index (χ4v) is 7.44. The minimum Gasteiger partial charge on any atom is -0.508 e. The molecule has 0 spiro atoms. The van der Waals surface area contributed by atoms with Crippen molar-refractivity contribution in [1.82, 2.24) is 0 Å². The Bertz CT molecular complexity index is 1910. The van der Waals surface area contributed by atoms with Crippen LogP contribution in [-0.2, 0) is 25.7 Å². The first-order chi connectivity index (χ1) is 21.0. The Balaban J connectivity index is 1.27. The molecule has 0 saturated heterocycles. The second-order valence-electron chi connectivity index (χ2n) is 12.0. The lowest BCUT2D eigenvalue weighted by Crippen LogP contribution is -2.33. The third-order valence-corrected chi connectivity index (χ3v) is 9.41. The maximum atomic E-state index is 11.5. The second kappa shape index (κ2) is 10.1. The molecule has 3 N–H and O–H groups in total. The summed E-state index contributed by atoms with van der Waals surface area (Å²) in [5.41, 5.74) is 8.47. The van der Waals surface area contributed by atoms with Gasteiger partial charge in [-0.3, -0.25) is 4.99 Å². The molecule has 218 valence electrons. The normalized spacial score (nSPS) is 21.0. The number of ether oxygens (including phenoxy) is 3. The number of nitrogens with zero attached hydrogens (tertiary/aromatic N) is 1. The van der Waals surface area contributed by atoms with Crippen LogP contribution >= 0.6 is 0 Å². The number of fused-ring (bicyclic) bond motifs is 9. The van der Waals surface area contributed by atoms with Gasteiger partial charge in [-0.2, -0.15) is 0 Å². The lowest BCUT2D eigenvalue weighted by Gasteiger charge is -2.39. The number of aliphatic hydroxyl groups excluding tert-OH is 1. The van der Waals surface area contributed by atoms with E-state index >= 15 is 0 Å². The summed E-state index contributed by atoms with van der Waals surface area (Å²) >= 11 is 0. The van der Waals surface area contributed by atoms with Gasteiger partial charge in [-0.1, -0.05) is 24.3 Å². The largest absolute Gasteiger partial charge is 0.508 e. The predicted octanol–water partition coefficient (Wildman–Crippen LogP) is 4.43. The van der Waals surface area contributed by atoms with Gasteiger partial charge in [0.25, 0.3) is 0 Å². The molecule has 3 unspecified atom stereocenters. The van der Waals surface area contributed by atoms with Crippen molar-refractivity contribution in [2.75, 3.05) is 20.3 Å². The van der Waals surface area contributed by atoms with Gasteiger partial charge in [-0.15, -0.1) is 0 Å². The molecule has 43 heavy (non-hydrogen) atoms. The van der Waals surface area contributed by atoms with Gasteiger partial charge in [-0.25, -0.2) is 0 Å². The first kappa shape index (κ1) is 26.2. The van der Waals surface area contributed by atoms with Crippen LogP contribution in [0.3, 0.4) is 0 Å². The van der Waals surface area contributed by atoms with Gasteiger partial charge < -0.3 is 29.5 Å². The molecule has 0 fully saturated rings. The SMILES string of the molecule is COc1cc(C2Oc3c(c4c(c5c3CCCO5)-c3ccc(O)cc3C(Cc3ccc5c(c3)=CCN=5)C4)CC2O)ccc1O. The van der Waals surface area contributed by atoms with Crippen molar-refractivity contribution in [2.45, 2.75) is 50.2 Å². The Morgan fingerprint density at radius 2 is 1.86 bits per heavy atom. The average molecular weight is 576 g/mol. The molecule has 3 atom stereocenters. The van der Waals surface area contributed by atoms with Gasteiger partial charge in [-0.05, 0) is 101 Å². The molecule has 7 nitrogen and oxygen atoms in total. The van der Waals surface area contributed by atoms with Crippen molar-refractivity contribution in [3.8, 4) is 39.9 Å². The van der Waals surface area contributed by atoms with Gasteiger partial charge in [0.15, 0.2) is 11.5 Å². The molecule has 0 radical (unpaired) electrons. The number of methoxy groups -OCH3 is 1. The van der Waals surface area contributed by atoms with E-state index in [0.717, 1.165) is 88.0 Å². The molecule has 4 aromatic rings. The van der Waals surface area contributed by atoms with E-state index in [2.05, 4.69) is 29.3 Å². The molecule has 4 aromatic carbocycles. The van der Waals surface area contributed by atoms with Crippen molar-refractivity contribution < 1.29 is 29.5 Å². The molecule has 3 heterocycles. The van der Waals surface area contributed by atoms with Crippen LogP contribution in [0, 0.1) is 0 Å². The summed E-state index contributed by atoms with van der Waals surface area (Å²) in [6.45, 7) is 1.36. The van der Waals surface area contributed by atoms with Crippen LogP contribution in [0.15, 0.2) is 59.6 Å². The van der Waals surface area contributed by atoms with E-state index in [1.165, 1.54) is 17.9 Å². The van der Waals surface area contributed by atoms with E-state index < -0.39 is 12.2 Å². The zero-order valence-electron chi connectivity index (χ0n) is 24.0. The molecular formula is C36H33NO6. The quantitative estimate of drug-likeness (QED) is 0.333. The predicted molar refractivity (Wildman–Crippen MR) is 162 cm³/mol. The van der Waals surface area contributed by atoms with Crippen LogP contribution in [-0.4, -0.2) is 41.7 Å². The zero-order valence-corrected chi connectivity index (χ0v) is 24.0. The van der Waals surface area contributed by atoms with Crippen molar-refractivity contribution in [3.63, 3.8) is 0 Å². The Morgan fingerprint density at radius 3 is 2.74 bits per heavy atom. The van der Waals surface area contributed by atoms with Gasteiger partial charge in [0.2, 0.25) is 0 Å². The summed E-state index contributed by atoms with van der Waals surface area (Å²) in [5, 5.41) is 34.5. The van der Waals surface area contributed by atoms with Gasteiger partial charge >= 0.3 is 0 Å². The number of hydrogen-bond donors (Lipinski definition) is 3. The number of benzene rings is 4. The maximum absolute atomic E-state index is 11.5. The number of rotatable bonds is 4. The summed E-state index contributed by atoms with van der Waals surface area (Å²) in [7, 11) is 1.51. The topological polar surface area (TPSA) is 101 Å². The molecule has 0 bridgehead atoms. The van der Waals surface area contributed by atoms with Gasteiger partial charge in [0.1, 0.15) is 23.4 Å². The summed E-state index contributed by atoms with van der Waals surface area (Å²) in [4.78, 5) is 4.54. The Hall–Kier alpha value is -4.49. The summed E-state index contributed by atoms with van der Waals surface area (Å²) in [6, 6.07) is 17.3. The summed E-state index contributed by atoms with van der Waals surface area (Å²) < 4.78 is 18.5. The lowest BCUT2D eigenvalue weighted by atomic mass is 9.72. The van der Waals surface area contributed by atoms with Gasteiger partial charge in [0.05, 0.1) is 31.7 Å². The highest BCUT2D eigenvalue weighted by Crippen LogP contribution is 2.55. The summed E-state index contributed by atoms with van der Waals surface area (Å²) in [6.07, 6.45) is 4.45. The highest BCUT2D eigenvalue weighted by molar-refractivity contribution is 5.85. The van der Waals surface area contributed by atoms with E-state index in [4.69, 9.17) is 14.2 Å². The molecule has 7 heteroatoms. The standard InChI is InChI=1S/C36H33NO6/c1-41-32-16-21(5-9-30(32)39)34-31(40)18-28-27-15-22(14-19-4-8-29-20(13-19)10-11-37-29)26-17-23(38)6-7-24(26)33(27)36-25(35(28)43-34)3-2-12-42-36/h4-10,13,16-17,22,31,34,38-40H,2-3,11-12,14-15,18H2,1H3. The Kier molecular flexibility index (Phi) is 6.12. The van der Waals surface area contributed by atoms with Crippen LogP contribution < -0.4 is 24.8 Å². The smallest absolute Gasteiger partial charge is 0.160 e. The van der Waals surface area contributed by atoms with Crippen LogP contribution in [0.5, 0.6) is 28.7 Å². The molecule has 8 rings (SSSR count). The van der Waals surface area contributed by atoms with Crippen molar-refractivity contribution in [2.24, 2.45) is 4.99 Å². The highest BCUT2D eigenvalue weighted by Gasteiger charge is 2.40. The number of hydrogen-bond acceptors (Lipinski definition) is 7. The number of phenolic OH excluding ortho intramolecular Hbond substituents is 2. The first-order valence-corrected chi connectivity index (χ1v) is 15.0. The van der Waals surface area contributed by atoms with Crippen LogP contribution in [0.1, 0.15) is 51.8 Å². The van der Waals surface area contributed by atoms with Crippen molar-refractivity contribution >= 4 is 6.08 Å². The number of phenols is 2. The number of aromatic hydroxyl groups is 2. The Labute approximate surface area is 249 Å². The molecule has 0 saturated carbocycles. The first-order valence-electron chi connectivity index (χ1n) is 15.0. The summed E-state index contributed by atoms with van der Waals surface area (Å²) in [5.74, 6) is 2.43. The zero-order chi connectivity index (χ0) is 29.2. The lowest BCUT2D eigenvalue weighted by molar-refractivity contribution is 0.0191. The molecular weight excluding hydrogens is 542 g/mol. The second-order valence-corrected chi connectivity index (χ2v) is 12.0. The molecule has 1 aliphatic carbocycles. The van der Waals surface area contributed by atoms with E-state index in [0.29, 0.717) is 18.8 Å². The van der Waals surface area contributed by atoms with Crippen LogP contribution in [0.2, 0.25) is 0 Å². The van der Waals surface area contributed by atoms with E-state index in [1.54, 1.807) is 24.3 Å². The third-order valence-electron chi connectivity index (χ3n) is 9.41. The number of aliphatic hydroxyl groups is 1. The van der Waals surface area contributed by atoms with E-state index in [1.807, 2.05) is 12.1 Å². The molecule has 0 aromatic heterocycles. The van der Waals surface area contributed by atoms with E-state index in [9.17, 15) is 15.3 Å². The minimum atomic E-state index is -0.788. The van der Waals surface area contributed by atoms with Crippen molar-refractivity contribution in [1.29, 1.82) is 0 Å². The van der Waals surface area contributed by atoms with Crippen LogP contribution in [0.4, 0.5) is 0 Å². The fraction of sp³-hybridized carbons (Fsp3) is 0.306. The maximum Gasteiger partial charge on any atom is 0.160 e. The molecule has 4 aliphatic rings. The molecule has 3 aliphatic heterocycles. The Morgan fingerprint density at radius 1 is 0.953 bits per heavy atom. The monoisotopic (exact) mass is 575 g/mol.